The lowest BCUT2D eigenvalue weighted by molar-refractivity contribution is -0.141. The molecule has 5 aromatic rings. The fourth-order valence-corrected chi connectivity index (χ4v) is 8.50. The van der Waals surface area contributed by atoms with E-state index in [4.69, 9.17) is 11.6 Å². The van der Waals surface area contributed by atoms with Gasteiger partial charge in [-0.15, -0.1) is 0 Å². The molecule has 2 aliphatic rings. The van der Waals surface area contributed by atoms with Crippen LogP contribution in [0.15, 0.2) is 42.5 Å². The van der Waals surface area contributed by atoms with Gasteiger partial charge < -0.3 is 5.32 Å². The molecule has 324 valence electrons. The first-order chi connectivity index (χ1) is 28.1. The van der Waals surface area contributed by atoms with E-state index in [9.17, 15) is 43.6 Å². The summed E-state index contributed by atoms with van der Waals surface area (Å²) in [4.78, 5) is 18.7. The standard InChI is InChI=1S/C39H35ClF7N7O5S2/c1-19-31-26-16-27(26)39(46,47)35(31)53(50-19)17-30(55)49-29(14-20-12-21(41)15-22(42)13-20)33-24(7-6-23(48-33)10-11-37(2,3)60(4,56)57)25-8-9-28(40)32-34(25)54(18-38(43,44)45)51-36(32)52-61(5,58)59/h6-9,12-13,15,26-27,29H,14,16-18H2,1-5H3,(H,49,55)(H,51,52)/t26-,27+,29-/m0/s1. The Kier molecular flexibility index (Phi) is 10.8. The van der Waals surface area contributed by atoms with Gasteiger partial charge in [-0.1, -0.05) is 23.6 Å². The van der Waals surface area contributed by atoms with Crippen molar-refractivity contribution in [2.75, 3.05) is 17.2 Å². The number of hydrogen-bond acceptors (Lipinski definition) is 8. The maximum atomic E-state index is 15.4. The molecule has 1 fully saturated rings. The van der Waals surface area contributed by atoms with Crippen LogP contribution in [0.4, 0.5) is 36.6 Å². The lowest BCUT2D eigenvalue weighted by Crippen LogP contribution is -2.35. The van der Waals surface area contributed by atoms with Crippen LogP contribution < -0.4 is 10.0 Å². The third-order valence-corrected chi connectivity index (χ3v) is 13.4. The quantitative estimate of drug-likeness (QED) is 0.107. The number of hydrogen-bond donors (Lipinski definition) is 2. The number of carbonyl (C=O) groups is 1. The molecule has 2 aliphatic carbocycles. The minimum Gasteiger partial charge on any atom is -0.346 e. The molecule has 2 aromatic carbocycles. The Balaban J connectivity index is 1.44. The molecule has 0 bridgehead atoms. The van der Waals surface area contributed by atoms with E-state index in [1.54, 1.807) is 6.92 Å². The highest BCUT2D eigenvalue weighted by molar-refractivity contribution is 7.92. The highest BCUT2D eigenvalue weighted by Crippen LogP contribution is 2.67. The molecular formula is C39H35ClF7N7O5S2. The fraction of sp³-hybridized carbons (Fsp3) is 0.385. The summed E-state index contributed by atoms with van der Waals surface area (Å²) in [6, 6.07) is 6.21. The van der Waals surface area contributed by atoms with E-state index in [0.29, 0.717) is 22.0 Å². The topological polar surface area (TPSA) is 158 Å². The number of pyridine rings is 1. The van der Waals surface area contributed by atoms with Crippen LogP contribution in [0.2, 0.25) is 5.02 Å². The molecule has 3 heterocycles. The minimum absolute atomic E-state index is 0.0456. The lowest BCUT2D eigenvalue weighted by atomic mass is 9.93. The third kappa shape index (κ3) is 8.79. The summed E-state index contributed by atoms with van der Waals surface area (Å²) in [6.07, 6.45) is -3.38. The number of aryl methyl sites for hydroxylation is 1. The van der Waals surface area contributed by atoms with Crippen molar-refractivity contribution in [1.82, 2.24) is 29.9 Å². The molecule has 3 aromatic heterocycles. The Hall–Kier alpha value is -5.20. The molecule has 0 radical (unpaired) electrons. The lowest BCUT2D eigenvalue weighted by Gasteiger charge is -2.23. The molecule has 2 N–H and O–H groups in total. The van der Waals surface area contributed by atoms with Crippen LogP contribution in [0.1, 0.15) is 66.1 Å². The maximum absolute atomic E-state index is 15.4. The molecule has 1 saturated carbocycles. The predicted molar refractivity (Wildman–Crippen MR) is 211 cm³/mol. The third-order valence-electron chi connectivity index (χ3n) is 10.5. The van der Waals surface area contributed by atoms with Gasteiger partial charge >= 0.3 is 6.18 Å². The Morgan fingerprint density at radius 3 is 2.28 bits per heavy atom. The zero-order valence-corrected chi connectivity index (χ0v) is 35.1. The summed E-state index contributed by atoms with van der Waals surface area (Å²) < 4.78 is 154. The molecule has 22 heteroatoms. The van der Waals surface area contributed by atoms with Gasteiger partial charge in [-0.2, -0.15) is 32.1 Å². The number of nitrogens with one attached hydrogen (secondary N) is 2. The Morgan fingerprint density at radius 1 is 1.00 bits per heavy atom. The number of sulfone groups is 1. The number of benzene rings is 2. The second-order valence-corrected chi connectivity index (χ2v) is 20.4. The van der Waals surface area contributed by atoms with E-state index < -0.39 is 103 Å². The molecule has 61 heavy (non-hydrogen) atoms. The van der Waals surface area contributed by atoms with Crippen LogP contribution in [0, 0.1) is 36.3 Å². The average molecular weight is 914 g/mol. The van der Waals surface area contributed by atoms with E-state index in [-0.39, 0.29) is 50.4 Å². The van der Waals surface area contributed by atoms with Gasteiger partial charge in [0.05, 0.1) is 39.6 Å². The minimum atomic E-state index is -4.91. The van der Waals surface area contributed by atoms with Gasteiger partial charge in [-0.05, 0) is 81.3 Å². The number of aromatic nitrogens is 5. The molecule has 3 atom stereocenters. The van der Waals surface area contributed by atoms with Crippen molar-refractivity contribution in [2.24, 2.45) is 5.92 Å². The zero-order valence-electron chi connectivity index (χ0n) is 32.7. The summed E-state index contributed by atoms with van der Waals surface area (Å²) in [7, 11) is -7.91. The summed E-state index contributed by atoms with van der Waals surface area (Å²) in [5.74, 6) is -2.78. The van der Waals surface area contributed by atoms with Gasteiger partial charge in [0.25, 0.3) is 5.92 Å². The highest BCUT2D eigenvalue weighted by atomic mass is 35.5. The predicted octanol–water partition coefficient (Wildman–Crippen LogP) is 6.95. The van der Waals surface area contributed by atoms with Crippen molar-refractivity contribution in [2.45, 2.75) is 75.5 Å². The molecule has 7 rings (SSSR count). The van der Waals surface area contributed by atoms with Crippen molar-refractivity contribution < 1.29 is 52.4 Å². The van der Waals surface area contributed by atoms with Gasteiger partial charge in [0.1, 0.15) is 40.9 Å². The summed E-state index contributed by atoms with van der Waals surface area (Å²) in [5, 5.41) is 10.3. The first kappa shape index (κ1) is 43.9. The smallest absolute Gasteiger partial charge is 0.346 e. The largest absolute Gasteiger partial charge is 0.408 e. The normalized spacial score (nSPS) is 17.7. The van der Waals surface area contributed by atoms with Gasteiger partial charge in [-0.3, -0.25) is 18.9 Å². The average Bonchev–Trinajstić information content (AvgIpc) is 3.67. The first-order valence-corrected chi connectivity index (χ1v) is 22.5. The van der Waals surface area contributed by atoms with Gasteiger partial charge in [-0.25, -0.2) is 30.6 Å². The number of sulfonamides is 1. The molecule has 0 aliphatic heterocycles. The van der Waals surface area contributed by atoms with E-state index in [1.807, 2.05) is 0 Å². The van der Waals surface area contributed by atoms with Gasteiger partial charge in [0.2, 0.25) is 15.9 Å². The molecular weight excluding hydrogens is 879 g/mol. The molecule has 0 unspecified atom stereocenters. The number of amides is 1. The van der Waals surface area contributed by atoms with E-state index in [0.717, 1.165) is 29.3 Å². The molecule has 0 spiro atoms. The number of rotatable bonds is 11. The summed E-state index contributed by atoms with van der Waals surface area (Å²) in [5.41, 5.74) is -0.586. The van der Waals surface area contributed by atoms with Crippen LogP contribution in [0.3, 0.4) is 0 Å². The van der Waals surface area contributed by atoms with Crippen LogP contribution in [-0.2, 0) is 50.1 Å². The fourth-order valence-electron chi connectivity index (χ4n) is 7.53. The van der Waals surface area contributed by atoms with E-state index in [2.05, 4.69) is 37.1 Å². The van der Waals surface area contributed by atoms with Gasteiger partial charge in [0.15, 0.2) is 15.7 Å². The Bertz CT molecular complexity index is 2920. The second kappa shape index (κ2) is 15.0. The summed E-state index contributed by atoms with van der Waals surface area (Å²) in [6.45, 7) is 1.73. The molecule has 0 saturated heterocycles. The summed E-state index contributed by atoms with van der Waals surface area (Å²) >= 11 is 6.50. The number of alkyl halides is 5. The maximum Gasteiger partial charge on any atom is 0.408 e. The number of anilines is 1. The van der Waals surface area contributed by atoms with E-state index in [1.165, 1.54) is 38.1 Å². The second-order valence-electron chi connectivity index (χ2n) is 15.7. The Labute approximate surface area is 349 Å². The molecule has 12 nitrogen and oxygen atoms in total. The Morgan fingerprint density at radius 2 is 1.66 bits per heavy atom. The SMILES string of the molecule is Cc1nn(CC(=O)N[C@@H](Cc2cc(F)cc(F)c2)c2nc(C#CC(C)(C)S(C)(=O)=O)ccc2-c2ccc(Cl)c3c(NS(C)(=O)=O)nn(CC(F)(F)F)c23)c2c1[C@H]1C[C@H]1C2(F)F. The van der Waals surface area contributed by atoms with Crippen molar-refractivity contribution in [3.63, 3.8) is 0 Å². The monoisotopic (exact) mass is 913 g/mol. The molecule has 1 amide bonds. The van der Waals surface area contributed by atoms with Crippen molar-refractivity contribution >= 4 is 54.1 Å². The van der Waals surface area contributed by atoms with Crippen LogP contribution in [0.25, 0.3) is 22.0 Å². The van der Waals surface area contributed by atoms with Crippen molar-refractivity contribution in [3.8, 4) is 23.0 Å². The number of nitrogens with zero attached hydrogens (tertiary/aromatic N) is 5. The zero-order chi connectivity index (χ0) is 44.8. The number of halogens is 8. The van der Waals surface area contributed by atoms with Gasteiger partial charge in [0, 0.05) is 34.9 Å². The highest BCUT2D eigenvalue weighted by Gasteiger charge is 2.66. The number of fused-ring (bicyclic) bond motifs is 4. The van der Waals surface area contributed by atoms with Crippen LogP contribution >= 0.6 is 11.6 Å². The first-order valence-electron chi connectivity index (χ1n) is 18.3. The van der Waals surface area contributed by atoms with E-state index >= 15 is 8.78 Å². The van der Waals surface area contributed by atoms with Crippen LogP contribution in [0.5, 0.6) is 0 Å². The van der Waals surface area contributed by atoms with Crippen molar-refractivity contribution in [1.29, 1.82) is 0 Å². The van der Waals surface area contributed by atoms with Crippen LogP contribution in [-0.4, -0.2) is 70.7 Å². The van der Waals surface area contributed by atoms with Crippen molar-refractivity contribution in [3.05, 3.63) is 93.0 Å². The number of carbonyl (C=O) groups excluding carboxylic acids is 1.